The molecule has 0 fully saturated rings. The summed E-state index contributed by atoms with van der Waals surface area (Å²) < 4.78 is 5.28. The molecule has 0 spiro atoms. The van der Waals surface area contributed by atoms with Crippen LogP contribution in [0.4, 0.5) is 10.5 Å². The SMILES string of the molecule is CC(C)(C)OC(=O)N(c1ccccc1)[C@H](CS)C(=O)O. The molecule has 0 aliphatic heterocycles. The van der Waals surface area contributed by atoms with E-state index in [1.54, 1.807) is 51.1 Å². The first-order chi connectivity index (χ1) is 9.26. The highest BCUT2D eigenvalue weighted by atomic mass is 32.1. The van der Waals surface area contributed by atoms with Crippen LogP contribution in [0.1, 0.15) is 20.8 Å². The second-order valence-electron chi connectivity index (χ2n) is 5.22. The molecule has 0 aliphatic carbocycles. The van der Waals surface area contributed by atoms with Gasteiger partial charge in [-0.25, -0.2) is 9.59 Å². The Hall–Kier alpha value is -1.69. The maximum atomic E-state index is 12.3. The van der Waals surface area contributed by atoms with Crippen molar-refractivity contribution >= 4 is 30.4 Å². The fraction of sp³-hybridized carbons (Fsp3) is 0.429. The largest absolute Gasteiger partial charge is 0.480 e. The minimum Gasteiger partial charge on any atom is -0.480 e. The molecule has 1 atom stereocenters. The number of aliphatic carboxylic acids is 1. The van der Waals surface area contributed by atoms with Crippen LogP contribution in [0.25, 0.3) is 0 Å². The average Bonchev–Trinajstić information content (AvgIpc) is 2.33. The first-order valence-corrected chi connectivity index (χ1v) is 6.80. The molecule has 110 valence electrons. The quantitative estimate of drug-likeness (QED) is 0.839. The number of carboxylic acid groups (broad SMARTS) is 1. The molecule has 1 amide bonds. The Balaban J connectivity index is 3.14. The third kappa shape index (κ3) is 4.45. The highest BCUT2D eigenvalue weighted by Crippen LogP contribution is 2.21. The van der Waals surface area contributed by atoms with Crippen LogP contribution in [0.5, 0.6) is 0 Å². The molecule has 1 rings (SSSR count). The summed E-state index contributed by atoms with van der Waals surface area (Å²) >= 11 is 4.02. The number of anilines is 1. The van der Waals surface area contributed by atoms with Crippen molar-refractivity contribution in [1.82, 2.24) is 0 Å². The number of rotatable bonds is 4. The summed E-state index contributed by atoms with van der Waals surface area (Å²) in [5.74, 6) is -1.14. The van der Waals surface area contributed by atoms with E-state index in [0.717, 1.165) is 4.90 Å². The van der Waals surface area contributed by atoms with Crippen molar-refractivity contribution in [1.29, 1.82) is 0 Å². The Bertz CT molecular complexity index is 470. The summed E-state index contributed by atoms with van der Waals surface area (Å²) in [6, 6.07) is 7.46. The molecule has 0 heterocycles. The van der Waals surface area contributed by atoms with E-state index in [1.807, 2.05) is 0 Å². The number of carbonyl (C=O) groups is 2. The summed E-state index contributed by atoms with van der Waals surface area (Å²) in [6.45, 7) is 5.18. The lowest BCUT2D eigenvalue weighted by atomic mass is 10.2. The van der Waals surface area contributed by atoms with E-state index in [2.05, 4.69) is 12.6 Å². The topological polar surface area (TPSA) is 66.8 Å². The highest BCUT2D eigenvalue weighted by Gasteiger charge is 2.33. The van der Waals surface area contributed by atoms with Crippen LogP contribution < -0.4 is 4.90 Å². The van der Waals surface area contributed by atoms with Crippen molar-refractivity contribution < 1.29 is 19.4 Å². The lowest BCUT2D eigenvalue weighted by Crippen LogP contribution is -2.48. The zero-order valence-electron chi connectivity index (χ0n) is 11.7. The number of para-hydroxylation sites is 1. The van der Waals surface area contributed by atoms with Gasteiger partial charge in [-0.2, -0.15) is 12.6 Å². The van der Waals surface area contributed by atoms with Gasteiger partial charge in [0.1, 0.15) is 11.6 Å². The zero-order chi connectivity index (χ0) is 15.3. The molecule has 0 aliphatic rings. The molecule has 6 heteroatoms. The third-order valence-corrected chi connectivity index (χ3v) is 2.74. The van der Waals surface area contributed by atoms with E-state index >= 15 is 0 Å². The third-order valence-electron chi connectivity index (χ3n) is 2.39. The Morgan fingerprint density at radius 2 is 1.85 bits per heavy atom. The number of carboxylic acids is 1. The van der Waals surface area contributed by atoms with E-state index in [4.69, 9.17) is 4.74 Å². The van der Waals surface area contributed by atoms with Crippen molar-refractivity contribution in [3.05, 3.63) is 30.3 Å². The van der Waals surface area contributed by atoms with Gasteiger partial charge in [0.05, 0.1) is 0 Å². The van der Waals surface area contributed by atoms with E-state index in [1.165, 1.54) is 0 Å². The van der Waals surface area contributed by atoms with Gasteiger partial charge in [0.15, 0.2) is 0 Å². The fourth-order valence-corrected chi connectivity index (χ4v) is 1.90. The van der Waals surface area contributed by atoms with Crippen molar-refractivity contribution in [2.24, 2.45) is 0 Å². The number of hydrogen-bond acceptors (Lipinski definition) is 4. The van der Waals surface area contributed by atoms with Gasteiger partial charge < -0.3 is 9.84 Å². The molecule has 0 saturated carbocycles. The van der Waals surface area contributed by atoms with Crippen LogP contribution in [-0.2, 0) is 9.53 Å². The van der Waals surface area contributed by atoms with Gasteiger partial charge in [-0.1, -0.05) is 18.2 Å². The molecular weight excluding hydrogens is 278 g/mol. The Kier molecular flexibility index (Phi) is 5.44. The van der Waals surface area contributed by atoms with Crippen LogP contribution in [0, 0.1) is 0 Å². The lowest BCUT2D eigenvalue weighted by Gasteiger charge is -2.30. The van der Waals surface area contributed by atoms with E-state index in [0.29, 0.717) is 5.69 Å². The van der Waals surface area contributed by atoms with Gasteiger partial charge in [-0.15, -0.1) is 0 Å². The average molecular weight is 297 g/mol. The predicted molar refractivity (Wildman–Crippen MR) is 80.4 cm³/mol. The number of carbonyl (C=O) groups excluding carboxylic acids is 1. The van der Waals surface area contributed by atoms with Crippen molar-refractivity contribution in [2.75, 3.05) is 10.7 Å². The minimum atomic E-state index is -1.13. The van der Waals surface area contributed by atoms with Crippen molar-refractivity contribution in [3.63, 3.8) is 0 Å². The number of amides is 1. The normalized spacial score (nSPS) is 12.6. The first-order valence-electron chi connectivity index (χ1n) is 6.17. The smallest absolute Gasteiger partial charge is 0.415 e. The van der Waals surface area contributed by atoms with Gasteiger partial charge in [-0.3, -0.25) is 4.90 Å². The molecule has 0 unspecified atom stereocenters. The van der Waals surface area contributed by atoms with Gasteiger partial charge in [-0.05, 0) is 32.9 Å². The molecular formula is C14H19NO4S. The molecule has 20 heavy (non-hydrogen) atoms. The monoisotopic (exact) mass is 297 g/mol. The summed E-state index contributed by atoms with van der Waals surface area (Å²) in [5, 5.41) is 9.25. The van der Waals surface area contributed by atoms with Crippen molar-refractivity contribution in [3.8, 4) is 0 Å². The van der Waals surface area contributed by atoms with Crippen LogP contribution >= 0.6 is 12.6 Å². The minimum absolute atomic E-state index is 0.0104. The van der Waals surface area contributed by atoms with Gasteiger partial charge in [0, 0.05) is 11.4 Å². The summed E-state index contributed by atoms with van der Waals surface area (Å²) in [7, 11) is 0. The van der Waals surface area contributed by atoms with E-state index in [9.17, 15) is 14.7 Å². The Labute approximate surface area is 123 Å². The summed E-state index contributed by atoms with van der Waals surface area (Å²) in [4.78, 5) is 24.7. The van der Waals surface area contributed by atoms with Crippen LogP contribution in [0.2, 0.25) is 0 Å². The molecule has 5 nitrogen and oxygen atoms in total. The zero-order valence-corrected chi connectivity index (χ0v) is 12.6. The summed E-state index contributed by atoms with van der Waals surface area (Å²) in [5.41, 5.74) is -0.243. The number of benzene rings is 1. The number of nitrogens with zero attached hydrogens (tertiary/aromatic N) is 1. The number of hydrogen-bond donors (Lipinski definition) is 2. The highest BCUT2D eigenvalue weighted by molar-refractivity contribution is 7.80. The summed E-state index contributed by atoms with van der Waals surface area (Å²) in [6.07, 6.45) is -0.704. The van der Waals surface area contributed by atoms with Gasteiger partial charge in [0.2, 0.25) is 0 Å². The molecule has 0 saturated heterocycles. The fourth-order valence-electron chi connectivity index (χ4n) is 1.58. The molecule has 0 bridgehead atoms. The number of thiol groups is 1. The molecule has 1 aromatic rings. The van der Waals surface area contributed by atoms with E-state index < -0.39 is 23.7 Å². The van der Waals surface area contributed by atoms with Crippen LogP contribution in [0.15, 0.2) is 30.3 Å². The Morgan fingerprint density at radius 3 is 2.25 bits per heavy atom. The maximum absolute atomic E-state index is 12.3. The Morgan fingerprint density at radius 1 is 1.30 bits per heavy atom. The first kappa shape index (κ1) is 16.4. The predicted octanol–water partition coefficient (Wildman–Crippen LogP) is 2.81. The molecule has 0 radical (unpaired) electrons. The van der Waals surface area contributed by atoms with Crippen LogP contribution in [-0.4, -0.2) is 34.6 Å². The second-order valence-corrected chi connectivity index (χ2v) is 5.59. The number of ether oxygens (including phenoxy) is 1. The van der Waals surface area contributed by atoms with Crippen LogP contribution in [0.3, 0.4) is 0 Å². The van der Waals surface area contributed by atoms with Gasteiger partial charge in [0.25, 0.3) is 0 Å². The van der Waals surface area contributed by atoms with Crippen molar-refractivity contribution in [2.45, 2.75) is 32.4 Å². The molecule has 0 aromatic heterocycles. The maximum Gasteiger partial charge on any atom is 0.415 e. The van der Waals surface area contributed by atoms with Gasteiger partial charge >= 0.3 is 12.1 Å². The van der Waals surface area contributed by atoms with E-state index in [-0.39, 0.29) is 5.75 Å². The second kappa shape index (κ2) is 6.65. The lowest BCUT2D eigenvalue weighted by molar-refractivity contribution is -0.138. The standard InChI is InChI=1S/C14H19NO4S/c1-14(2,3)19-13(18)15(11(9-20)12(16)17)10-7-5-4-6-8-10/h4-8,11,20H,9H2,1-3H3,(H,16,17)/t11-/m1/s1. The molecule has 1 N–H and O–H groups in total. The molecule has 1 aromatic carbocycles.